The lowest BCUT2D eigenvalue weighted by molar-refractivity contribution is 0.199. The summed E-state index contributed by atoms with van der Waals surface area (Å²) in [6, 6.07) is 7.58. The van der Waals surface area contributed by atoms with Crippen LogP contribution in [0.2, 0.25) is 0 Å². The molecule has 1 heterocycles. The van der Waals surface area contributed by atoms with Crippen molar-refractivity contribution in [1.82, 2.24) is 9.97 Å². The molecule has 1 aromatic carbocycles. The van der Waals surface area contributed by atoms with Gasteiger partial charge in [-0.3, -0.25) is 0 Å². The van der Waals surface area contributed by atoms with Gasteiger partial charge >= 0.3 is 0 Å². The average molecular weight is 489 g/mol. The lowest BCUT2D eigenvalue weighted by Gasteiger charge is -2.12. The summed E-state index contributed by atoms with van der Waals surface area (Å²) >= 11 is 0. The maximum absolute atomic E-state index is 14.0. The van der Waals surface area contributed by atoms with Crippen molar-refractivity contribution >= 4 is 0 Å². The van der Waals surface area contributed by atoms with Crippen LogP contribution >= 0.6 is 0 Å². The number of aromatic nitrogens is 2. The maximum atomic E-state index is 14.0. The molecule has 2 rings (SSSR count). The topological polar surface area (TPSA) is 35.0 Å². The van der Waals surface area contributed by atoms with E-state index in [1.807, 2.05) is 43.6 Å². The molecule has 2 aromatic rings. The van der Waals surface area contributed by atoms with Gasteiger partial charge in [0.15, 0.2) is 5.82 Å². The molecule has 0 fully saturated rings. The minimum atomic E-state index is -1.02. The maximum Gasteiger partial charge on any atom is 0.159 e. The first-order valence-corrected chi connectivity index (χ1v) is 13.9. The van der Waals surface area contributed by atoms with Gasteiger partial charge in [0.2, 0.25) is 0 Å². The minimum Gasteiger partial charge on any atom is -0.493 e. The summed E-state index contributed by atoms with van der Waals surface area (Å²) in [5.74, 6) is 1.39. The Bertz CT molecular complexity index is 767. The van der Waals surface area contributed by atoms with Crippen LogP contribution in [0.4, 0.5) is 8.78 Å². The second kappa shape index (κ2) is 18.3. The molecule has 35 heavy (non-hydrogen) atoms. The highest BCUT2D eigenvalue weighted by Gasteiger charge is 2.12. The highest BCUT2D eigenvalue weighted by molar-refractivity contribution is 5.55. The Morgan fingerprint density at radius 2 is 1.26 bits per heavy atom. The fraction of sp³-hybridized carbons (Fsp3) is 0.667. The van der Waals surface area contributed by atoms with Crippen LogP contribution in [0.1, 0.15) is 109 Å². The highest BCUT2D eigenvalue weighted by atomic mass is 19.1. The molecule has 2 unspecified atom stereocenters. The van der Waals surface area contributed by atoms with Crippen molar-refractivity contribution in [2.45, 2.75) is 123 Å². The van der Waals surface area contributed by atoms with Crippen LogP contribution in [-0.2, 0) is 6.42 Å². The Labute approximate surface area is 212 Å². The molecule has 0 aliphatic rings. The third-order valence-electron chi connectivity index (χ3n) is 6.50. The quantitative estimate of drug-likeness (QED) is 0.174. The van der Waals surface area contributed by atoms with Gasteiger partial charge in [0, 0.05) is 24.4 Å². The second-order valence-corrected chi connectivity index (χ2v) is 9.72. The zero-order valence-electron chi connectivity index (χ0n) is 22.0. The fourth-order valence-electron chi connectivity index (χ4n) is 4.18. The molecule has 3 nitrogen and oxygen atoms in total. The molecule has 0 spiro atoms. The Morgan fingerprint density at radius 1 is 0.686 bits per heavy atom. The third kappa shape index (κ3) is 13.0. The monoisotopic (exact) mass is 488 g/mol. The highest BCUT2D eigenvalue weighted by Crippen LogP contribution is 2.21. The fourth-order valence-corrected chi connectivity index (χ4v) is 4.18. The molecule has 5 heteroatoms. The standard InChI is InChI=1S/C30H46F2N2O/c1-3-5-7-8-9-10-11-12-13-25-23-33-30(34-24-25)26-15-19-29(20-16-26)35-22-21-28(32)18-17-27(31)14-6-4-2/h15-16,19-20,23-24,27-28H,3-14,17-18,21-22H2,1-2H3. The number of unbranched alkanes of at least 4 members (excludes halogenated alkanes) is 8. The SMILES string of the molecule is CCCCCCCCCCc1cnc(-c2ccc(OCCC(F)CCC(F)CCCC)cc2)nc1. The summed E-state index contributed by atoms with van der Waals surface area (Å²) in [5, 5.41) is 0. The molecule has 1 aromatic heterocycles. The van der Waals surface area contributed by atoms with E-state index in [0.717, 1.165) is 24.8 Å². The van der Waals surface area contributed by atoms with Crippen molar-refractivity contribution < 1.29 is 13.5 Å². The molecule has 0 saturated carbocycles. The lowest BCUT2D eigenvalue weighted by Crippen LogP contribution is -2.10. The smallest absolute Gasteiger partial charge is 0.159 e. The number of benzene rings is 1. The summed E-state index contributed by atoms with van der Waals surface area (Å²) in [7, 11) is 0. The van der Waals surface area contributed by atoms with Crippen molar-refractivity contribution in [3.63, 3.8) is 0 Å². The molecular weight excluding hydrogens is 442 g/mol. The van der Waals surface area contributed by atoms with E-state index < -0.39 is 12.3 Å². The Kier molecular flexibility index (Phi) is 15.2. The zero-order chi connectivity index (χ0) is 25.1. The molecule has 0 N–H and O–H groups in total. The van der Waals surface area contributed by atoms with Gasteiger partial charge in [-0.05, 0) is 61.9 Å². The lowest BCUT2D eigenvalue weighted by atomic mass is 10.1. The number of alkyl halides is 2. The van der Waals surface area contributed by atoms with Crippen LogP contribution < -0.4 is 4.74 Å². The van der Waals surface area contributed by atoms with Crippen molar-refractivity contribution in [3.05, 3.63) is 42.2 Å². The van der Waals surface area contributed by atoms with E-state index in [1.54, 1.807) is 0 Å². The van der Waals surface area contributed by atoms with Crippen molar-refractivity contribution in [2.24, 2.45) is 0 Å². The van der Waals surface area contributed by atoms with Crippen LogP contribution in [0.25, 0.3) is 11.4 Å². The van der Waals surface area contributed by atoms with Crippen LogP contribution in [0, 0.1) is 0 Å². The van der Waals surface area contributed by atoms with E-state index in [-0.39, 0.29) is 19.4 Å². The first kappa shape index (κ1) is 29.2. The van der Waals surface area contributed by atoms with E-state index in [9.17, 15) is 8.78 Å². The summed E-state index contributed by atoms with van der Waals surface area (Å²) in [6.45, 7) is 4.58. The molecular formula is C30H46F2N2O. The average Bonchev–Trinajstić information content (AvgIpc) is 2.88. The number of halogens is 2. The van der Waals surface area contributed by atoms with Crippen LogP contribution in [0.5, 0.6) is 5.75 Å². The molecule has 0 amide bonds. The first-order valence-electron chi connectivity index (χ1n) is 13.9. The molecule has 0 aliphatic heterocycles. The number of ether oxygens (including phenoxy) is 1. The Hall–Kier alpha value is -2.04. The molecule has 0 aliphatic carbocycles. The van der Waals surface area contributed by atoms with Gasteiger partial charge in [-0.1, -0.05) is 71.6 Å². The van der Waals surface area contributed by atoms with E-state index in [0.29, 0.717) is 24.4 Å². The predicted molar refractivity (Wildman–Crippen MR) is 142 cm³/mol. The van der Waals surface area contributed by atoms with Crippen molar-refractivity contribution in [3.8, 4) is 17.1 Å². The van der Waals surface area contributed by atoms with Crippen LogP contribution in [-0.4, -0.2) is 28.9 Å². The van der Waals surface area contributed by atoms with Crippen molar-refractivity contribution in [2.75, 3.05) is 6.61 Å². The van der Waals surface area contributed by atoms with Crippen molar-refractivity contribution in [1.29, 1.82) is 0 Å². The first-order chi connectivity index (χ1) is 17.1. The Morgan fingerprint density at radius 3 is 1.89 bits per heavy atom. The number of nitrogens with zero attached hydrogens (tertiary/aromatic N) is 2. The van der Waals surface area contributed by atoms with Gasteiger partial charge in [0.1, 0.15) is 18.1 Å². The number of aryl methyl sites for hydroxylation is 1. The second-order valence-electron chi connectivity index (χ2n) is 9.72. The van der Waals surface area contributed by atoms with E-state index in [2.05, 4.69) is 16.9 Å². The Balaban J connectivity index is 1.64. The summed E-state index contributed by atoms with van der Waals surface area (Å²) in [4.78, 5) is 9.07. The third-order valence-corrected chi connectivity index (χ3v) is 6.50. The normalized spacial score (nSPS) is 13.0. The van der Waals surface area contributed by atoms with E-state index >= 15 is 0 Å². The van der Waals surface area contributed by atoms with Gasteiger partial charge in [0.05, 0.1) is 6.61 Å². The number of hydrogen-bond acceptors (Lipinski definition) is 3. The van der Waals surface area contributed by atoms with Crippen LogP contribution in [0.3, 0.4) is 0 Å². The molecule has 2 atom stereocenters. The molecule has 0 radical (unpaired) electrons. The van der Waals surface area contributed by atoms with E-state index in [1.165, 1.54) is 56.9 Å². The summed E-state index contributed by atoms with van der Waals surface area (Å²) < 4.78 is 33.3. The molecule has 0 saturated heterocycles. The van der Waals surface area contributed by atoms with Gasteiger partial charge < -0.3 is 4.74 Å². The minimum absolute atomic E-state index is 0.263. The number of rotatable bonds is 20. The van der Waals surface area contributed by atoms with Gasteiger partial charge in [0.25, 0.3) is 0 Å². The van der Waals surface area contributed by atoms with Crippen LogP contribution in [0.15, 0.2) is 36.7 Å². The predicted octanol–water partition coefficient (Wildman–Crippen LogP) is 9.24. The largest absolute Gasteiger partial charge is 0.493 e. The van der Waals surface area contributed by atoms with Gasteiger partial charge in [-0.15, -0.1) is 0 Å². The zero-order valence-corrected chi connectivity index (χ0v) is 22.0. The van der Waals surface area contributed by atoms with Gasteiger partial charge in [-0.25, -0.2) is 18.7 Å². The van der Waals surface area contributed by atoms with E-state index in [4.69, 9.17) is 4.74 Å². The molecule has 196 valence electrons. The molecule has 0 bridgehead atoms. The summed E-state index contributed by atoms with van der Waals surface area (Å²) in [5.41, 5.74) is 2.12. The van der Waals surface area contributed by atoms with Gasteiger partial charge in [-0.2, -0.15) is 0 Å². The summed E-state index contributed by atoms with van der Waals surface area (Å²) in [6.07, 6.45) is 16.7. The number of hydrogen-bond donors (Lipinski definition) is 0.